The van der Waals surface area contributed by atoms with E-state index in [1.165, 1.54) is 25.0 Å². The van der Waals surface area contributed by atoms with Gasteiger partial charge < -0.3 is 10.6 Å². The van der Waals surface area contributed by atoms with Crippen molar-refractivity contribution in [2.75, 3.05) is 19.6 Å². The summed E-state index contributed by atoms with van der Waals surface area (Å²) in [4.78, 5) is 15.4. The van der Waals surface area contributed by atoms with E-state index in [-0.39, 0.29) is 11.6 Å². The van der Waals surface area contributed by atoms with Crippen molar-refractivity contribution in [3.63, 3.8) is 0 Å². The number of hydrogen-bond acceptors (Lipinski definition) is 3. The standard InChI is InChI=1S/C13H18FN3O/c14-11-3-4-12(17-9-11)13(18)16-7-5-10-2-1-6-15-8-10/h3-4,9-10,15H,1-2,5-8H2,(H,16,18). The van der Waals surface area contributed by atoms with Gasteiger partial charge in [0, 0.05) is 6.54 Å². The molecule has 1 atom stereocenters. The molecule has 1 fully saturated rings. The Bertz CT molecular complexity index is 388. The van der Waals surface area contributed by atoms with Gasteiger partial charge in [-0.2, -0.15) is 0 Å². The second kappa shape index (κ2) is 6.44. The second-order valence-electron chi connectivity index (χ2n) is 4.62. The molecule has 0 radical (unpaired) electrons. The first-order valence-corrected chi connectivity index (χ1v) is 6.36. The van der Waals surface area contributed by atoms with Crippen molar-refractivity contribution in [3.8, 4) is 0 Å². The Hall–Kier alpha value is -1.49. The highest BCUT2D eigenvalue weighted by molar-refractivity contribution is 5.92. The van der Waals surface area contributed by atoms with Crippen LogP contribution in [0.15, 0.2) is 18.3 Å². The Morgan fingerprint density at radius 2 is 2.44 bits per heavy atom. The molecule has 98 valence electrons. The Morgan fingerprint density at radius 3 is 3.11 bits per heavy atom. The first-order chi connectivity index (χ1) is 8.75. The smallest absolute Gasteiger partial charge is 0.269 e. The van der Waals surface area contributed by atoms with E-state index < -0.39 is 5.82 Å². The van der Waals surface area contributed by atoms with Gasteiger partial charge in [-0.05, 0) is 50.4 Å². The van der Waals surface area contributed by atoms with Gasteiger partial charge in [0.15, 0.2) is 0 Å². The van der Waals surface area contributed by atoms with Crippen molar-refractivity contribution in [2.24, 2.45) is 5.92 Å². The molecule has 1 aromatic rings. The molecule has 5 heteroatoms. The van der Waals surface area contributed by atoms with Gasteiger partial charge in [-0.15, -0.1) is 0 Å². The largest absolute Gasteiger partial charge is 0.351 e. The molecular formula is C13H18FN3O. The molecule has 2 heterocycles. The third-order valence-corrected chi connectivity index (χ3v) is 3.20. The number of rotatable bonds is 4. The third-order valence-electron chi connectivity index (χ3n) is 3.20. The Labute approximate surface area is 106 Å². The van der Waals surface area contributed by atoms with Crippen LogP contribution in [0.25, 0.3) is 0 Å². The highest BCUT2D eigenvalue weighted by Crippen LogP contribution is 2.12. The summed E-state index contributed by atoms with van der Waals surface area (Å²) in [7, 11) is 0. The van der Waals surface area contributed by atoms with Crippen LogP contribution in [0.4, 0.5) is 4.39 Å². The molecule has 1 aromatic heterocycles. The van der Waals surface area contributed by atoms with Crippen LogP contribution in [0.2, 0.25) is 0 Å². The molecule has 1 amide bonds. The number of carbonyl (C=O) groups is 1. The number of aromatic nitrogens is 1. The van der Waals surface area contributed by atoms with E-state index in [2.05, 4.69) is 15.6 Å². The van der Waals surface area contributed by atoms with Crippen molar-refractivity contribution in [2.45, 2.75) is 19.3 Å². The maximum absolute atomic E-state index is 12.6. The summed E-state index contributed by atoms with van der Waals surface area (Å²) < 4.78 is 12.6. The molecule has 0 spiro atoms. The van der Waals surface area contributed by atoms with E-state index in [1.54, 1.807) is 0 Å². The molecule has 2 rings (SSSR count). The normalized spacial score (nSPS) is 19.5. The molecule has 0 aromatic carbocycles. The van der Waals surface area contributed by atoms with Gasteiger partial charge in [-0.25, -0.2) is 9.37 Å². The summed E-state index contributed by atoms with van der Waals surface area (Å²) in [6.07, 6.45) is 4.45. The molecule has 0 aliphatic carbocycles. The summed E-state index contributed by atoms with van der Waals surface area (Å²) in [6.45, 7) is 2.78. The Balaban J connectivity index is 1.72. The lowest BCUT2D eigenvalue weighted by atomic mass is 9.96. The molecule has 2 N–H and O–H groups in total. The monoisotopic (exact) mass is 251 g/mol. The minimum atomic E-state index is -0.431. The van der Waals surface area contributed by atoms with Crippen LogP contribution in [0.3, 0.4) is 0 Å². The first kappa shape index (κ1) is 13.0. The van der Waals surface area contributed by atoms with Crippen molar-refractivity contribution in [1.29, 1.82) is 0 Å². The zero-order chi connectivity index (χ0) is 12.8. The van der Waals surface area contributed by atoms with Gasteiger partial charge in [-0.3, -0.25) is 4.79 Å². The number of piperidine rings is 1. The third kappa shape index (κ3) is 3.77. The van der Waals surface area contributed by atoms with Crippen LogP contribution < -0.4 is 10.6 Å². The van der Waals surface area contributed by atoms with Crippen LogP contribution in [0.1, 0.15) is 29.8 Å². The number of hydrogen-bond donors (Lipinski definition) is 2. The fourth-order valence-corrected chi connectivity index (χ4v) is 2.16. The molecule has 1 aliphatic heterocycles. The molecule has 0 saturated carbocycles. The number of carbonyl (C=O) groups excluding carboxylic acids is 1. The number of nitrogens with zero attached hydrogens (tertiary/aromatic N) is 1. The van der Waals surface area contributed by atoms with Crippen molar-refractivity contribution >= 4 is 5.91 Å². The van der Waals surface area contributed by atoms with E-state index in [0.717, 1.165) is 25.7 Å². The van der Waals surface area contributed by atoms with E-state index >= 15 is 0 Å². The maximum Gasteiger partial charge on any atom is 0.269 e. The van der Waals surface area contributed by atoms with Crippen LogP contribution in [0, 0.1) is 11.7 Å². The van der Waals surface area contributed by atoms with Crippen LogP contribution in [0.5, 0.6) is 0 Å². The predicted octanol–water partition coefficient (Wildman–Crippen LogP) is 1.34. The minimum Gasteiger partial charge on any atom is -0.351 e. The minimum absolute atomic E-state index is 0.237. The van der Waals surface area contributed by atoms with Gasteiger partial charge in [0.2, 0.25) is 0 Å². The lowest BCUT2D eigenvalue weighted by Crippen LogP contribution is -2.33. The van der Waals surface area contributed by atoms with Crippen LogP contribution in [-0.2, 0) is 0 Å². The lowest BCUT2D eigenvalue weighted by molar-refractivity contribution is 0.0945. The number of nitrogens with one attached hydrogen (secondary N) is 2. The van der Waals surface area contributed by atoms with Crippen molar-refractivity contribution < 1.29 is 9.18 Å². The summed E-state index contributed by atoms with van der Waals surface area (Å²) in [6, 6.07) is 2.64. The Morgan fingerprint density at radius 1 is 1.56 bits per heavy atom. The highest BCUT2D eigenvalue weighted by Gasteiger charge is 2.13. The zero-order valence-electron chi connectivity index (χ0n) is 10.3. The lowest BCUT2D eigenvalue weighted by Gasteiger charge is -2.22. The van der Waals surface area contributed by atoms with E-state index in [1.807, 2.05) is 0 Å². The topological polar surface area (TPSA) is 54.0 Å². The van der Waals surface area contributed by atoms with E-state index in [9.17, 15) is 9.18 Å². The molecule has 1 unspecified atom stereocenters. The first-order valence-electron chi connectivity index (χ1n) is 6.36. The summed E-state index contributed by atoms with van der Waals surface area (Å²) in [5.74, 6) is -0.0289. The molecule has 1 saturated heterocycles. The van der Waals surface area contributed by atoms with Gasteiger partial charge in [0.25, 0.3) is 5.91 Å². The van der Waals surface area contributed by atoms with Gasteiger partial charge in [0.1, 0.15) is 11.5 Å². The molecule has 18 heavy (non-hydrogen) atoms. The second-order valence-corrected chi connectivity index (χ2v) is 4.62. The fraction of sp³-hybridized carbons (Fsp3) is 0.538. The van der Waals surface area contributed by atoms with Crippen LogP contribution >= 0.6 is 0 Å². The molecular weight excluding hydrogens is 233 g/mol. The van der Waals surface area contributed by atoms with E-state index in [0.29, 0.717) is 12.5 Å². The predicted molar refractivity (Wildman–Crippen MR) is 66.7 cm³/mol. The summed E-state index contributed by atoms with van der Waals surface area (Å²) in [5, 5.41) is 6.16. The highest BCUT2D eigenvalue weighted by atomic mass is 19.1. The SMILES string of the molecule is O=C(NCCC1CCCNC1)c1ccc(F)cn1. The number of amides is 1. The molecule has 0 bridgehead atoms. The summed E-state index contributed by atoms with van der Waals surface area (Å²) in [5.41, 5.74) is 0.262. The number of pyridine rings is 1. The summed E-state index contributed by atoms with van der Waals surface area (Å²) >= 11 is 0. The molecule has 1 aliphatic rings. The Kier molecular flexibility index (Phi) is 4.64. The quantitative estimate of drug-likeness (QED) is 0.849. The zero-order valence-corrected chi connectivity index (χ0v) is 10.3. The number of halogens is 1. The average molecular weight is 251 g/mol. The van der Waals surface area contributed by atoms with Gasteiger partial charge in [-0.1, -0.05) is 0 Å². The van der Waals surface area contributed by atoms with Crippen molar-refractivity contribution in [3.05, 3.63) is 29.8 Å². The average Bonchev–Trinajstić information content (AvgIpc) is 2.40. The fourth-order valence-electron chi connectivity index (χ4n) is 2.16. The van der Waals surface area contributed by atoms with Crippen molar-refractivity contribution in [1.82, 2.24) is 15.6 Å². The van der Waals surface area contributed by atoms with Gasteiger partial charge >= 0.3 is 0 Å². The van der Waals surface area contributed by atoms with E-state index in [4.69, 9.17) is 0 Å². The van der Waals surface area contributed by atoms with Gasteiger partial charge in [0.05, 0.1) is 6.20 Å². The maximum atomic E-state index is 12.6. The molecule has 4 nitrogen and oxygen atoms in total. The van der Waals surface area contributed by atoms with Crippen LogP contribution in [-0.4, -0.2) is 30.5 Å².